The number of nitrogens with two attached hydrogens (primary N) is 1. The Bertz CT molecular complexity index is 1800. The van der Waals surface area contributed by atoms with Gasteiger partial charge in [-0.15, -0.1) is 12.4 Å². The maximum atomic E-state index is 14.0. The summed E-state index contributed by atoms with van der Waals surface area (Å²) in [5.41, 5.74) is 3.18. The molecule has 7 N–H and O–H groups in total. The molecular weight excluding hydrogens is 684 g/mol. The summed E-state index contributed by atoms with van der Waals surface area (Å²) in [4.78, 5) is 27.9. The summed E-state index contributed by atoms with van der Waals surface area (Å²) in [5, 5.41) is 67.3. The molecule has 2 aliphatic carbocycles. The maximum absolute atomic E-state index is 14.0. The van der Waals surface area contributed by atoms with Crippen LogP contribution < -0.4 is 10.5 Å². The van der Waals surface area contributed by atoms with E-state index in [-0.39, 0.29) is 65.4 Å². The van der Waals surface area contributed by atoms with Gasteiger partial charge in [0.15, 0.2) is 12.1 Å². The minimum atomic E-state index is -1.81. The molecule has 15 heteroatoms. The van der Waals surface area contributed by atoms with Crippen molar-refractivity contribution in [2.24, 2.45) is 15.9 Å². The summed E-state index contributed by atoms with van der Waals surface area (Å²) in [6, 6.07) is 3.82. The van der Waals surface area contributed by atoms with Crippen LogP contribution in [0.4, 0.5) is 0 Å². The van der Waals surface area contributed by atoms with Crippen LogP contribution in [-0.4, -0.2) is 102 Å². The highest BCUT2D eigenvalue weighted by atomic mass is 35.5. The Labute approximate surface area is 302 Å². The smallest absolute Gasteiger partial charge is 0.202 e. The van der Waals surface area contributed by atoms with Crippen LogP contribution in [0.3, 0.4) is 0 Å². The van der Waals surface area contributed by atoms with E-state index in [4.69, 9.17) is 19.9 Å². The lowest BCUT2D eigenvalue weighted by Gasteiger charge is -2.48. The summed E-state index contributed by atoms with van der Waals surface area (Å²) in [6.07, 6.45) is -3.44. The van der Waals surface area contributed by atoms with Crippen LogP contribution in [0.15, 0.2) is 28.4 Å². The van der Waals surface area contributed by atoms with Gasteiger partial charge < -0.3 is 45.6 Å². The molecule has 6 rings (SSSR count). The number of carbonyl (C=O) groups is 2. The SMILES string of the molecule is COc1cccc2c1C(=O)c1c(O)c3c(c(O)c1C2=O)C[C@@](O)(/C(C)=N/N=C1CC(C)(C)N(O)C(C)(C)C1)C[C@@H]3O[C@H]1CC(N)[C@H](O)C(C)O1.Cl. The average Bonchev–Trinajstić information content (AvgIpc) is 3.04. The molecule has 0 radical (unpaired) electrons. The van der Waals surface area contributed by atoms with E-state index in [0.717, 1.165) is 0 Å². The van der Waals surface area contributed by atoms with Gasteiger partial charge in [0.05, 0.1) is 47.8 Å². The number of piperidine rings is 1. The summed E-state index contributed by atoms with van der Waals surface area (Å²) in [6.45, 7) is 10.8. The third kappa shape index (κ3) is 6.46. The van der Waals surface area contributed by atoms with Crippen molar-refractivity contribution in [3.05, 3.63) is 51.6 Å². The van der Waals surface area contributed by atoms with Crippen molar-refractivity contribution in [3.63, 3.8) is 0 Å². The molecule has 2 aromatic rings. The summed E-state index contributed by atoms with van der Waals surface area (Å²) >= 11 is 0. The molecule has 4 aliphatic rings. The van der Waals surface area contributed by atoms with Crippen molar-refractivity contribution in [1.29, 1.82) is 0 Å². The number of benzene rings is 2. The van der Waals surface area contributed by atoms with Crippen LogP contribution in [0.2, 0.25) is 0 Å². The van der Waals surface area contributed by atoms with Crippen LogP contribution >= 0.6 is 12.4 Å². The molecule has 278 valence electrons. The molecule has 0 aromatic heterocycles. The fourth-order valence-electron chi connectivity index (χ4n) is 8.01. The van der Waals surface area contributed by atoms with Crippen LogP contribution in [0, 0.1) is 0 Å². The predicted molar refractivity (Wildman–Crippen MR) is 188 cm³/mol. The van der Waals surface area contributed by atoms with Crippen LogP contribution in [0.5, 0.6) is 17.2 Å². The molecule has 0 spiro atoms. The number of ether oxygens (including phenoxy) is 3. The molecule has 2 heterocycles. The number of hydrogen-bond acceptors (Lipinski definition) is 14. The molecule has 0 saturated carbocycles. The number of rotatable bonds is 5. The topological polar surface area (TPSA) is 217 Å². The normalized spacial score (nSPS) is 30.1. The van der Waals surface area contributed by atoms with Crippen molar-refractivity contribution < 1.29 is 49.4 Å². The lowest BCUT2D eigenvalue weighted by molar-refractivity contribution is -0.245. The van der Waals surface area contributed by atoms with Gasteiger partial charge in [-0.25, -0.2) is 0 Å². The number of ketones is 2. The van der Waals surface area contributed by atoms with Crippen molar-refractivity contribution in [2.75, 3.05) is 7.11 Å². The van der Waals surface area contributed by atoms with Crippen molar-refractivity contribution in [1.82, 2.24) is 5.06 Å². The number of methoxy groups -OCH3 is 1. The number of phenols is 2. The zero-order chi connectivity index (χ0) is 36.7. The molecule has 2 aliphatic heterocycles. The highest BCUT2D eigenvalue weighted by Gasteiger charge is 2.49. The van der Waals surface area contributed by atoms with E-state index in [1.165, 1.54) is 24.3 Å². The van der Waals surface area contributed by atoms with E-state index < -0.39 is 81.5 Å². The molecular formula is C36H47ClN4O10. The van der Waals surface area contributed by atoms with Crippen LogP contribution in [-0.2, 0) is 15.9 Å². The van der Waals surface area contributed by atoms with Crippen molar-refractivity contribution in [2.45, 2.75) is 121 Å². The zero-order valence-electron chi connectivity index (χ0n) is 29.8. The van der Waals surface area contributed by atoms with Gasteiger partial charge >= 0.3 is 0 Å². The molecule has 0 amide bonds. The van der Waals surface area contributed by atoms with Gasteiger partial charge in [0.2, 0.25) is 5.78 Å². The molecule has 0 bridgehead atoms. The zero-order valence-corrected chi connectivity index (χ0v) is 30.6. The standard InChI is InChI=1S/C36H46N4O10.ClH/c1-16-29(41)21(37)11-24(49-16)50-23-15-36(46,17(2)38-39-18-12-34(3,4)40(47)35(5,6)13-18)14-20-26(23)33(45)28-27(31(20)43)30(42)19-9-8-10-22(48-7)25(19)32(28)44;/h8-10,16,21,23-24,29,41,43,45-47H,11-15,37H2,1-7H3;1H/b38-17+;/t16?,21?,23-,24-,29+,36-;/m0./s1. The van der Waals surface area contributed by atoms with Crippen molar-refractivity contribution >= 4 is 35.4 Å². The summed E-state index contributed by atoms with van der Waals surface area (Å²) < 4.78 is 17.6. The van der Waals surface area contributed by atoms with E-state index >= 15 is 0 Å². The number of halogens is 1. The average molecular weight is 731 g/mol. The number of fused-ring (bicyclic) bond motifs is 3. The predicted octanol–water partition coefficient (Wildman–Crippen LogP) is 3.72. The fraction of sp³-hybridized carbons (Fsp3) is 0.556. The molecule has 6 atom stereocenters. The second-order valence-corrected chi connectivity index (χ2v) is 15.2. The third-order valence-electron chi connectivity index (χ3n) is 10.6. The highest BCUT2D eigenvalue weighted by Crippen LogP contribution is 2.52. The number of hydroxylamine groups is 2. The van der Waals surface area contributed by atoms with Gasteiger partial charge in [0, 0.05) is 71.6 Å². The monoisotopic (exact) mass is 730 g/mol. The van der Waals surface area contributed by atoms with E-state index in [0.29, 0.717) is 18.6 Å². The number of aliphatic hydroxyl groups excluding tert-OH is 1. The fourth-order valence-corrected chi connectivity index (χ4v) is 8.01. The molecule has 2 aromatic carbocycles. The number of phenolic OH excluding ortho intramolecular Hbond substituents is 2. The van der Waals surface area contributed by atoms with Gasteiger partial charge in [0.1, 0.15) is 22.8 Å². The Morgan fingerprint density at radius 2 is 1.65 bits per heavy atom. The van der Waals surface area contributed by atoms with Crippen LogP contribution in [0.25, 0.3) is 0 Å². The molecule has 2 unspecified atom stereocenters. The number of hydrogen-bond donors (Lipinski definition) is 6. The molecule has 2 fully saturated rings. The number of aliphatic hydroxyl groups is 2. The molecule has 2 saturated heterocycles. The van der Waals surface area contributed by atoms with Gasteiger partial charge in [-0.2, -0.15) is 15.3 Å². The number of carbonyl (C=O) groups excluding carboxylic acids is 2. The van der Waals surface area contributed by atoms with Gasteiger partial charge in [-0.3, -0.25) is 9.59 Å². The van der Waals surface area contributed by atoms with Gasteiger partial charge in [0.25, 0.3) is 0 Å². The first-order chi connectivity index (χ1) is 23.3. The minimum absolute atomic E-state index is 0. The van der Waals surface area contributed by atoms with Gasteiger partial charge in [-0.05, 0) is 47.6 Å². The Morgan fingerprint density at radius 3 is 2.25 bits per heavy atom. The van der Waals surface area contributed by atoms with Gasteiger partial charge in [-0.1, -0.05) is 12.1 Å². The Balaban J connectivity index is 0.00000504. The van der Waals surface area contributed by atoms with E-state index in [9.17, 15) is 35.2 Å². The number of aromatic hydroxyl groups is 2. The third-order valence-corrected chi connectivity index (χ3v) is 10.6. The van der Waals surface area contributed by atoms with E-state index in [1.54, 1.807) is 19.9 Å². The minimum Gasteiger partial charge on any atom is -0.507 e. The second kappa shape index (κ2) is 13.5. The highest BCUT2D eigenvalue weighted by molar-refractivity contribution is 6.31. The maximum Gasteiger partial charge on any atom is 0.202 e. The number of nitrogens with zero attached hydrogens (tertiary/aromatic N) is 3. The summed E-state index contributed by atoms with van der Waals surface area (Å²) in [7, 11) is 1.36. The molecule has 51 heavy (non-hydrogen) atoms. The Kier molecular flexibility index (Phi) is 10.3. The van der Waals surface area contributed by atoms with E-state index in [1.807, 2.05) is 27.7 Å². The first-order valence-electron chi connectivity index (χ1n) is 16.7. The van der Waals surface area contributed by atoms with Crippen molar-refractivity contribution in [3.8, 4) is 17.2 Å². The quantitative estimate of drug-likeness (QED) is 0.126. The first kappa shape index (κ1) is 38.8. The van der Waals surface area contributed by atoms with E-state index in [2.05, 4.69) is 10.2 Å². The lowest BCUT2D eigenvalue weighted by Crippen LogP contribution is -2.59. The summed E-state index contributed by atoms with van der Waals surface area (Å²) in [5.74, 6) is -2.43. The Hall–Kier alpha value is -3.47. The Morgan fingerprint density at radius 1 is 1.02 bits per heavy atom. The molecule has 14 nitrogen and oxygen atoms in total. The first-order valence-corrected chi connectivity index (χ1v) is 16.7. The largest absolute Gasteiger partial charge is 0.507 e. The second-order valence-electron chi connectivity index (χ2n) is 15.2. The van der Waals surface area contributed by atoms with Crippen LogP contribution in [0.1, 0.15) is 116 Å². The lowest BCUT2D eigenvalue weighted by atomic mass is 9.71.